The monoisotopic (exact) mass is 282 g/mol. The van der Waals surface area contributed by atoms with Gasteiger partial charge in [0.2, 0.25) is 0 Å². The summed E-state index contributed by atoms with van der Waals surface area (Å²) in [4.78, 5) is 16.5. The molecular weight excluding hydrogens is 260 g/mol. The van der Waals surface area contributed by atoms with E-state index in [1.807, 2.05) is 12.1 Å². The van der Waals surface area contributed by atoms with E-state index >= 15 is 0 Å². The van der Waals surface area contributed by atoms with Crippen molar-refractivity contribution in [2.75, 3.05) is 40.3 Å². The van der Waals surface area contributed by atoms with Crippen LogP contribution in [0.25, 0.3) is 0 Å². The van der Waals surface area contributed by atoms with E-state index in [1.165, 1.54) is 0 Å². The van der Waals surface area contributed by atoms with Crippen LogP contribution in [0.3, 0.4) is 0 Å². The summed E-state index contributed by atoms with van der Waals surface area (Å²) in [6.07, 6.45) is 1.07. The van der Waals surface area contributed by atoms with Crippen molar-refractivity contribution in [3.63, 3.8) is 0 Å². The zero-order valence-electron chi connectivity index (χ0n) is 12.0. The summed E-state index contributed by atoms with van der Waals surface area (Å²) in [5.41, 5.74) is 0.621. The Morgan fingerprint density at radius 2 is 1.89 bits per heavy atom. The lowest BCUT2D eigenvalue weighted by Crippen LogP contribution is -2.32. The SMILES string of the molecule is CCN(CCCN(C)C)CC(=O)c1ccccc1Cl. The minimum absolute atomic E-state index is 0.0947. The molecule has 0 radical (unpaired) electrons. The van der Waals surface area contributed by atoms with Crippen molar-refractivity contribution in [1.29, 1.82) is 0 Å². The Morgan fingerprint density at radius 1 is 1.21 bits per heavy atom. The molecule has 4 heteroatoms. The summed E-state index contributed by atoms with van der Waals surface area (Å²) in [7, 11) is 4.12. The van der Waals surface area contributed by atoms with Crippen LogP contribution in [0.2, 0.25) is 5.02 Å². The van der Waals surface area contributed by atoms with Crippen molar-refractivity contribution in [2.24, 2.45) is 0 Å². The standard InChI is InChI=1S/C15H23ClN2O/c1-4-18(11-7-10-17(2)3)12-15(19)13-8-5-6-9-14(13)16/h5-6,8-9H,4,7,10-12H2,1-3H3. The van der Waals surface area contributed by atoms with Crippen LogP contribution in [0.1, 0.15) is 23.7 Å². The molecule has 0 spiro atoms. The topological polar surface area (TPSA) is 23.6 Å². The number of nitrogens with zero attached hydrogens (tertiary/aromatic N) is 2. The molecule has 106 valence electrons. The van der Waals surface area contributed by atoms with Gasteiger partial charge < -0.3 is 4.90 Å². The molecule has 0 aliphatic carbocycles. The van der Waals surface area contributed by atoms with Crippen LogP contribution in [0, 0.1) is 0 Å². The zero-order chi connectivity index (χ0) is 14.3. The highest BCUT2D eigenvalue weighted by atomic mass is 35.5. The molecule has 0 heterocycles. The van der Waals surface area contributed by atoms with E-state index in [-0.39, 0.29) is 5.78 Å². The molecule has 0 atom stereocenters. The molecule has 1 rings (SSSR count). The van der Waals surface area contributed by atoms with E-state index in [0.717, 1.165) is 26.1 Å². The van der Waals surface area contributed by atoms with Crippen LogP contribution in [0.15, 0.2) is 24.3 Å². The third-order valence-corrected chi connectivity index (χ3v) is 3.40. The van der Waals surface area contributed by atoms with Crippen molar-refractivity contribution in [2.45, 2.75) is 13.3 Å². The summed E-state index contributed by atoms with van der Waals surface area (Å²) < 4.78 is 0. The van der Waals surface area contributed by atoms with Gasteiger partial charge in [0, 0.05) is 5.56 Å². The van der Waals surface area contributed by atoms with Gasteiger partial charge in [-0.25, -0.2) is 0 Å². The lowest BCUT2D eigenvalue weighted by atomic mass is 10.1. The van der Waals surface area contributed by atoms with Crippen LogP contribution >= 0.6 is 11.6 Å². The van der Waals surface area contributed by atoms with Crippen molar-refractivity contribution < 1.29 is 4.79 Å². The molecular formula is C15H23ClN2O. The quantitative estimate of drug-likeness (QED) is 0.685. The Balaban J connectivity index is 2.51. The molecule has 0 aliphatic rings. The minimum atomic E-state index is 0.0947. The average molecular weight is 283 g/mol. The number of carbonyl (C=O) groups is 1. The number of Topliss-reactive ketones (excluding diaryl/α,β-unsaturated/α-hetero) is 1. The number of carbonyl (C=O) groups excluding carboxylic acids is 1. The average Bonchev–Trinajstić information content (AvgIpc) is 2.37. The predicted molar refractivity (Wildman–Crippen MR) is 81.1 cm³/mol. The van der Waals surface area contributed by atoms with Gasteiger partial charge in [-0.3, -0.25) is 9.69 Å². The zero-order valence-corrected chi connectivity index (χ0v) is 12.8. The highest BCUT2D eigenvalue weighted by Crippen LogP contribution is 2.15. The largest absolute Gasteiger partial charge is 0.309 e. The van der Waals surface area contributed by atoms with Crippen molar-refractivity contribution in [1.82, 2.24) is 9.80 Å². The molecule has 0 saturated heterocycles. The maximum absolute atomic E-state index is 12.2. The number of likely N-dealkylation sites (N-methyl/N-ethyl adjacent to an activating group) is 1. The maximum atomic E-state index is 12.2. The molecule has 0 aromatic heterocycles. The fourth-order valence-electron chi connectivity index (χ4n) is 1.94. The normalized spacial score (nSPS) is 11.3. The molecule has 0 bridgehead atoms. The lowest BCUT2D eigenvalue weighted by Gasteiger charge is -2.20. The first-order chi connectivity index (χ1) is 9.04. The van der Waals surface area contributed by atoms with E-state index in [4.69, 9.17) is 11.6 Å². The number of benzene rings is 1. The van der Waals surface area contributed by atoms with Crippen LogP contribution in [-0.2, 0) is 0 Å². The van der Waals surface area contributed by atoms with Crippen LogP contribution in [0.5, 0.6) is 0 Å². The Kier molecular flexibility index (Phi) is 7.06. The third-order valence-electron chi connectivity index (χ3n) is 3.07. The van der Waals surface area contributed by atoms with E-state index in [1.54, 1.807) is 12.1 Å². The predicted octanol–water partition coefficient (Wildman–Crippen LogP) is 2.80. The van der Waals surface area contributed by atoms with E-state index in [9.17, 15) is 4.79 Å². The Bertz CT molecular complexity index is 407. The molecule has 0 saturated carbocycles. The highest BCUT2D eigenvalue weighted by molar-refractivity contribution is 6.34. The van der Waals surface area contributed by atoms with E-state index in [0.29, 0.717) is 17.1 Å². The molecule has 0 N–H and O–H groups in total. The second-order valence-corrected chi connectivity index (χ2v) is 5.34. The van der Waals surface area contributed by atoms with Crippen molar-refractivity contribution in [3.8, 4) is 0 Å². The van der Waals surface area contributed by atoms with Gasteiger partial charge in [0.15, 0.2) is 5.78 Å². The Morgan fingerprint density at radius 3 is 2.47 bits per heavy atom. The molecule has 1 aromatic carbocycles. The molecule has 0 unspecified atom stereocenters. The summed E-state index contributed by atoms with van der Waals surface area (Å²) in [5.74, 6) is 0.0947. The fraction of sp³-hybridized carbons (Fsp3) is 0.533. The highest BCUT2D eigenvalue weighted by Gasteiger charge is 2.13. The summed E-state index contributed by atoms with van der Waals surface area (Å²) in [5, 5.41) is 0.539. The first kappa shape index (κ1) is 16.2. The summed E-state index contributed by atoms with van der Waals surface area (Å²) in [6, 6.07) is 7.24. The van der Waals surface area contributed by atoms with Gasteiger partial charge >= 0.3 is 0 Å². The lowest BCUT2D eigenvalue weighted by molar-refractivity contribution is 0.0932. The van der Waals surface area contributed by atoms with Gasteiger partial charge in [-0.05, 0) is 52.3 Å². The Hall–Kier alpha value is -0.900. The molecule has 0 aliphatic heterocycles. The molecule has 19 heavy (non-hydrogen) atoms. The van der Waals surface area contributed by atoms with E-state index in [2.05, 4.69) is 30.8 Å². The summed E-state index contributed by atoms with van der Waals surface area (Å²) in [6.45, 7) is 5.37. The number of hydrogen-bond acceptors (Lipinski definition) is 3. The van der Waals surface area contributed by atoms with Gasteiger partial charge in [0.1, 0.15) is 0 Å². The van der Waals surface area contributed by atoms with Crippen LogP contribution in [-0.4, -0.2) is 55.9 Å². The first-order valence-corrected chi connectivity index (χ1v) is 7.07. The molecule has 1 aromatic rings. The van der Waals surface area contributed by atoms with Crippen LogP contribution in [0.4, 0.5) is 0 Å². The molecule has 0 amide bonds. The van der Waals surface area contributed by atoms with Gasteiger partial charge in [-0.1, -0.05) is 30.7 Å². The number of halogens is 1. The fourth-order valence-corrected chi connectivity index (χ4v) is 2.18. The summed E-state index contributed by atoms with van der Waals surface area (Å²) >= 11 is 6.05. The van der Waals surface area contributed by atoms with Crippen molar-refractivity contribution >= 4 is 17.4 Å². The van der Waals surface area contributed by atoms with Gasteiger partial charge in [-0.2, -0.15) is 0 Å². The van der Waals surface area contributed by atoms with Gasteiger partial charge in [0.05, 0.1) is 11.6 Å². The number of ketones is 1. The van der Waals surface area contributed by atoms with Gasteiger partial charge in [-0.15, -0.1) is 0 Å². The van der Waals surface area contributed by atoms with E-state index < -0.39 is 0 Å². The second kappa shape index (κ2) is 8.31. The third kappa shape index (κ3) is 5.72. The molecule has 3 nitrogen and oxygen atoms in total. The first-order valence-electron chi connectivity index (χ1n) is 6.69. The van der Waals surface area contributed by atoms with Gasteiger partial charge in [0.25, 0.3) is 0 Å². The maximum Gasteiger partial charge on any atom is 0.178 e. The number of rotatable bonds is 8. The smallest absolute Gasteiger partial charge is 0.178 e. The Labute approximate surface area is 121 Å². The van der Waals surface area contributed by atoms with Crippen LogP contribution < -0.4 is 0 Å². The second-order valence-electron chi connectivity index (χ2n) is 4.93. The van der Waals surface area contributed by atoms with Crippen molar-refractivity contribution in [3.05, 3.63) is 34.9 Å². The number of hydrogen-bond donors (Lipinski definition) is 0. The molecule has 0 fully saturated rings. The minimum Gasteiger partial charge on any atom is -0.309 e.